The SMILES string of the molecule is C#CCCC(C)C.CC(C)C(F)(F)C1CCC1.CC(C)CC1(C)CC1.CC(C)CC1(F)CCC1.CC(C)CC1C=CCC1.CC(C)CC1CC(F)(F)C1.CC(C)CC1CC1(F)F.CC(C)CC1CCC1.CC(C)CC1COC1.CC(C)CC1CSC1.CC(C)CCC1CCC1.CCCC(C)C.CCCCC(C)C.COCC(C)C.COCCC(C)C. The molecule has 8 aliphatic carbocycles. The Kier molecular flexibility index (Phi) is 80.4. The first-order valence-electron chi connectivity index (χ1n) is 51.2. The number of hydrogen-bond donors (Lipinski definition) is 0. The molecule has 0 aromatic carbocycles. The number of halogens is 7. The summed E-state index contributed by atoms with van der Waals surface area (Å²) in [7, 11) is 3.46. The van der Waals surface area contributed by atoms with Crippen molar-refractivity contribution >= 4 is 11.8 Å². The Labute approximate surface area is 759 Å². The van der Waals surface area contributed by atoms with E-state index < -0.39 is 29.4 Å². The van der Waals surface area contributed by atoms with E-state index in [4.69, 9.17) is 20.6 Å². The highest BCUT2D eigenvalue weighted by atomic mass is 32.2. The quantitative estimate of drug-likeness (QED) is 0.0372. The van der Waals surface area contributed by atoms with Crippen LogP contribution in [0.15, 0.2) is 12.2 Å². The van der Waals surface area contributed by atoms with Crippen molar-refractivity contribution in [2.75, 3.05) is 52.2 Å². The van der Waals surface area contributed by atoms with Gasteiger partial charge in [0.05, 0.1) is 13.2 Å². The number of hydrogen-bond acceptors (Lipinski definition) is 4. The molecular weight excluding hydrogens is 1530 g/mol. The van der Waals surface area contributed by atoms with Crippen LogP contribution in [-0.2, 0) is 14.2 Å². The van der Waals surface area contributed by atoms with E-state index in [1.165, 1.54) is 159 Å². The Balaban J connectivity index is -0.000000398. The van der Waals surface area contributed by atoms with Crippen LogP contribution in [0.3, 0.4) is 0 Å². The summed E-state index contributed by atoms with van der Waals surface area (Å²) in [6, 6.07) is 0. The summed E-state index contributed by atoms with van der Waals surface area (Å²) in [5.41, 5.74) is 0.0162. The number of unbranched alkanes of at least 4 members (excludes halogenated alkanes) is 1. The third-order valence-electron chi connectivity index (χ3n) is 23.7. The summed E-state index contributed by atoms with van der Waals surface area (Å²) in [6.45, 7) is 75.8. The molecule has 0 spiro atoms. The van der Waals surface area contributed by atoms with Crippen molar-refractivity contribution in [1.82, 2.24) is 0 Å². The number of terminal acetylenes is 1. The summed E-state index contributed by atoms with van der Waals surface area (Å²) in [5.74, 6) is 13.7. The minimum absolute atomic E-state index is 0.130. The third-order valence-corrected chi connectivity index (χ3v) is 25.1. The van der Waals surface area contributed by atoms with Crippen LogP contribution >= 0.6 is 11.8 Å². The summed E-state index contributed by atoms with van der Waals surface area (Å²) in [4.78, 5) is 0. The average molecular weight is 1750 g/mol. The Bertz CT molecular complexity index is 2190. The van der Waals surface area contributed by atoms with Gasteiger partial charge in [-0.05, 0) is 251 Å². The molecule has 730 valence electrons. The van der Waals surface area contributed by atoms with Crippen LogP contribution in [0.2, 0.25) is 0 Å². The van der Waals surface area contributed by atoms with Crippen LogP contribution in [0.5, 0.6) is 0 Å². The van der Waals surface area contributed by atoms with Crippen LogP contribution < -0.4 is 0 Å². The van der Waals surface area contributed by atoms with Gasteiger partial charge in [0.15, 0.2) is 0 Å². The van der Waals surface area contributed by atoms with Crippen LogP contribution in [0.1, 0.15) is 466 Å². The standard InChI is InChI=1S/C9H18.C9H16.2C8H14F2.C8H15F.2C8H16.C7H12F2.C7H14O.C7H14S.C7H16.C7H12.C6H14O.C6H14.C5H12O/c1-8(2)6-7-9-4-3-5-9;1-8(2)7-9-5-3-4-6-9;1-6(2)3-7-4-8(9,10)5-7;1-6(2)8(9,10)7-4-3-5-7;1-7(2)6-8(9)4-3-5-8;1-7(2)6-8(3)4-5-8;1-7(2)6-8-4-3-5-8;1-5(2)3-6-4-7(6,8)9;2*1-6(2)3-7-4-8-5-7;2*1-4-5-6-7(2)3;1-6(2)4-5-7-3;1-4-5-6(2)3;1-5(2)4-6-3/h8-9H,3-7H2,1-2H3;3,5,8-9H,4,6-7H2,1-2H3;2*6-7H,3-5H2,1-2H3;7H,3-6H2,1-2H3;7H,4-6H2,1-3H3;7-8H,3-6H2,1-2H3;5-6H,3-4H2,1-2H3;2*6-7H,3-5H2,1-2H3;7H,4-6H2,1-3H3;1,7H,5-6H2,2-3H3;6H,4-5H2,1-3H3;6H,4-5H2,1-3H3;5H,4H2,1-3H3. The van der Waals surface area contributed by atoms with Gasteiger partial charge in [-0.25, -0.2) is 30.7 Å². The lowest BCUT2D eigenvalue weighted by molar-refractivity contribution is -0.122. The average Bonchev–Trinajstić information content (AvgIpc) is 1.66. The first-order valence-corrected chi connectivity index (χ1v) is 52.3. The number of ether oxygens (including phenoxy) is 3. The van der Waals surface area contributed by atoms with Crippen molar-refractivity contribution in [3.63, 3.8) is 0 Å². The highest BCUT2D eigenvalue weighted by Crippen LogP contribution is 2.52. The van der Waals surface area contributed by atoms with Crippen LogP contribution in [0.25, 0.3) is 0 Å². The van der Waals surface area contributed by atoms with E-state index in [1.807, 2.05) is 13.8 Å². The summed E-state index contributed by atoms with van der Waals surface area (Å²) < 4.78 is 103. The van der Waals surface area contributed by atoms with E-state index in [9.17, 15) is 30.7 Å². The molecule has 7 saturated carbocycles. The number of allylic oxidation sites excluding steroid dienone is 2. The zero-order valence-electron chi connectivity index (χ0n) is 87.7. The molecule has 121 heavy (non-hydrogen) atoms. The maximum Gasteiger partial charge on any atom is 0.253 e. The summed E-state index contributed by atoms with van der Waals surface area (Å²) >= 11 is 2.09. The molecule has 10 rings (SSSR count). The van der Waals surface area contributed by atoms with Crippen molar-refractivity contribution in [2.24, 2.45) is 142 Å². The molecule has 2 atom stereocenters. The van der Waals surface area contributed by atoms with E-state index in [-0.39, 0.29) is 31.1 Å². The number of thioether (sulfide) groups is 1. The van der Waals surface area contributed by atoms with Crippen molar-refractivity contribution in [3.8, 4) is 12.3 Å². The molecule has 2 saturated heterocycles. The number of rotatable bonds is 33. The summed E-state index contributed by atoms with van der Waals surface area (Å²) in [5, 5.41) is 0. The molecule has 0 radical (unpaired) electrons. The molecule has 2 heterocycles. The second-order valence-electron chi connectivity index (χ2n) is 45.6. The highest BCUT2D eigenvalue weighted by molar-refractivity contribution is 8.00. The van der Waals surface area contributed by atoms with Crippen molar-refractivity contribution in [2.45, 2.75) is 489 Å². The van der Waals surface area contributed by atoms with Gasteiger partial charge in [0, 0.05) is 76.8 Å². The largest absolute Gasteiger partial charge is 0.385 e. The first-order chi connectivity index (χ1) is 56.1. The van der Waals surface area contributed by atoms with E-state index in [2.05, 4.69) is 231 Å². The predicted octanol–water partition coefficient (Wildman–Crippen LogP) is 38.0. The molecule has 0 aromatic rings. The molecule has 0 N–H and O–H groups in total. The topological polar surface area (TPSA) is 27.7 Å². The molecule has 0 bridgehead atoms. The molecule has 0 aromatic heterocycles. The minimum Gasteiger partial charge on any atom is -0.385 e. The van der Waals surface area contributed by atoms with Crippen LogP contribution in [-0.4, -0.2) is 75.6 Å². The lowest BCUT2D eigenvalue weighted by Crippen LogP contribution is -2.37. The number of methoxy groups -OCH3 is 2. The molecule has 9 fully saturated rings. The second-order valence-corrected chi connectivity index (χ2v) is 46.6. The molecule has 3 nitrogen and oxygen atoms in total. The van der Waals surface area contributed by atoms with Crippen molar-refractivity contribution in [3.05, 3.63) is 12.2 Å². The van der Waals surface area contributed by atoms with Crippen LogP contribution in [0.4, 0.5) is 30.7 Å². The Morgan fingerprint density at radius 2 is 0.884 bits per heavy atom. The van der Waals surface area contributed by atoms with E-state index >= 15 is 0 Å². The Morgan fingerprint density at radius 3 is 1.05 bits per heavy atom. The smallest absolute Gasteiger partial charge is 0.253 e. The van der Waals surface area contributed by atoms with Gasteiger partial charge in [0.2, 0.25) is 5.92 Å². The molecule has 2 aliphatic heterocycles. The van der Waals surface area contributed by atoms with E-state index in [0.29, 0.717) is 36.0 Å². The summed E-state index contributed by atoms with van der Waals surface area (Å²) in [6.07, 6.45) is 52.6. The van der Waals surface area contributed by atoms with Gasteiger partial charge < -0.3 is 14.2 Å². The fraction of sp³-hybridized carbons (Fsp3) is 0.964. The normalized spacial score (nSPS) is 19.9. The van der Waals surface area contributed by atoms with Crippen molar-refractivity contribution < 1.29 is 44.9 Å². The zero-order chi connectivity index (χ0) is 94.1. The Hall–Kier alpha value is -0.960. The molecule has 0 amide bonds. The van der Waals surface area contributed by atoms with Crippen LogP contribution in [0, 0.1) is 154 Å². The van der Waals surface area contributed by atoms with Gasteiger partial charge in [-0.1, -0.05) is 331 Å². The molecule has 11 heteroatoms. The molecule has 10 aliphatic rings. The Morgan fingerprint density at radius 1 is 0.446 bits per heavy atom. The fourth-order valence-electron chi connectivity index (χ4n) is 15.5. The van der Waals surface area contributed by atoms with Gasteiger partial charge in [-0.3, -0.25) is 0 Å². The number of alkyl halides is 7. The minimum atomic E-state index is -2.40. The van der Waals surface area contributed by atoms with Gasteiger partial charge >= 0.3 is 0 Å². The zero-order valence-corrected chi connectivity index (χ0v) is 88.5. The monoisotopic (exact) mass is 1750 g/mol. The molecular formula is C110H217F7O3S. The maximum absolute atomic E-state index is 13.2. The third kappa shape index (κ3) is 86.8. The van der Waals surface area contributed by atoms with Gasteiger partial charge in [-0.15, -0.1) is 12.3 Å². The van der Waals surface area contributed by atoms with Gasteiger partial charge in [-0.2, -0.15) is 11.8 Å². The first kappa shape index (κ1) is 129. The lowest BCUT2D eigenvalue weighted by atomic mass is 9.77. The lowest BCUT2D eigenvalue weighted by Gasteiger charge is -2.35. The maximum atomic E-state index is 13.2. The van der Waals surface area contributed by atoms with Crippen molar-refractivity contribution in [1.29, 1.82) is 0 Å². The molecule has 2 unspecified atom stereocenters. The fourth-order valence-corrected chi connectivity index (χ4v) is 16.4. The van der Waals surface area contributed by atoms with Gasteiger partial charge in [0.25, 0.3) is 11.8 Å². The van der Waals surface area contributed by atoms with Gasteiger partial charge in [0.1, 0.15) is 5.67 Å². The van der Waals surface area contributed by atoms with E-state index in [1.54, 1.807) is 28.1 Å². The highest BCUT2D eigenvalue weighted by Gasteiger charge is 2.56. The second kappa shape index (κ2) is 75.7. The van der Waals surface area contributed by atoms with E-state index in [0.717, 1.165) is 185 Å². The predicted molar refractivity (Wildman–Crippen MR) is 529 cm³/mol.